The average molecular weight is 360 g/mol. The summed E-state index contributed by atoms with van der Waals surface area (Å²) in [7, 11) is 0. The molecule has 140 valence electrons. The number of amides is 2. The van der Waals surface area contributed by atoms with Crippen LogP contribution in [0.1, 0.15) is 49.8 Å². The number of nitrogens with one attached hydrogen (secondary N) is 2. The second-order valence-electron chi connectivity index (χ2n) is 6.96. The molecule has 1 aromatic carbocycles. The van der Waals surface area contributed by atoms with Crippen LogP contribution in [0.25, 0.3) is 0 Å². The van der Waals surface area contributed by atoms with Gasteiger partial charge in [-0.15, -0.1) is 0 Å². The van der Waals surface area contributed by atoms with E-state index in [1.165, 1.54) is 0 Å². The largest absolute Gasteiger partial charge is 0.493 e. The number of benzene rings is 1. The third-order valence-electron chi connectivity index (χ3n) is 5.06. The second kappa shape index (κ2) is 7.76. The van der Waals surface area contributed by atoms with Gasteiger partial charge in [-0.2, -0.15) is 0 Å². The van der Waals surface area contributed by atoms with E-state index in [0.717, 1.165) is 43.4 Å². The zero-order valence-corrected chi connectivity index (χ0v) is 14.8. The highest BCUT2D eigenvalue weighted by Crippen LogP contribution is 2.28. The highest BCUT2D eigenvalue weighted by atomic mass is 16.5. The summed E-state index contributed by atoms with van der Waals surface area (Å²) in [5.41, 5.74) is 1.43. The number of hydrogen-bond donors (Lipinski definition) is 3. The Morgan fingerprint density at radius 1 is 1.19 bits per heavy atom. The molecule has 2 atom stereocenters. The predicted molar refractivity (Wildman–Crippen MR) is 93.7 cm³/mol. The molecule has 1 aliphatic carbocycles. The predicted octanol–water partition coefficient (Wildman–Crippen LogP) is 1.56. The first-order chi connectivity index (χ1) is 12.5. The minimum atomic E-state index is -1.17. The quantitative estimate of drug-likeness (QED) is 0.714. The van der Waals surface area contributed by atoms with Gasteiger partial charge in [0.05, 0.1) is 6.61 Å². The summed E-state index contributed by atoms with van der Waals surface area (Å²) >= 11 is 0. The van der Waals surface area contributed by atoms with E-state index in [-0.39, 0.29) is 11.8 Å². The van der Waals surface area contributed by atoms with Gasteiger partial charge >= 0.3 is 5.97 Å². The van der Waals surface area contributed by atoms with Gasteiger partial charge in [0.15, 0.2) is 6.04 Å². The fraction of sp³-hybridized carbons (Fsp3) is 0.526. The highest BCUT2D eigenvalue weighted by Gasteiger charge is 2.29. The molecule has 7 nitrogen and oxygen atoms in total. The van der Waals surface area contributed by atoms with E-state index in [1.54, 1.807) is 25.1 Å². The van der Waals surface area contributed by atoms with Crippen LogP contribution in [0.3, 0.4) is 0 Å². The van der Waals surface area contributed by atoms with Crippen molar-refractivity contribution in [3.63, 3.8) is 0 Å². The van der Waals surface area contributed by atoms with E-state index in [0.29, 0.717) is 12.2 Å². The molecule has 2 unspecified atom stereocenters. The first-order valence-corrected chi connectivity index (χ1v) is 9.05. The molecular formula is C19H24N2O5. The van der Waals surface area contributed by atoms with E-state index < -0.39 is 24.0 Å². The molecule has 0 spiro atoms. The molecule has 0 saturated heterocycles. The fourth-order valence-electron chi connectivity index (χ4n) is 3.53. The average Bonchev–Trinajstić information content (AvgIpc) is 3.29. The van der Waals surface area contributed by atoms with Gasteiger partial charge in [0.25, 0.3) is 0 Å². The first kappa shape index (κ1) is 18.2. The van der Waals surface area contributed by atoms with E-state index in [1.807, 2.05) is 0 Å². The van der Waals surface area contributed by atoms with Crippen LogP contribution in [-0.2, 0) is 20.8 Å². The number of carboxylic acid groups (broad SMARTS) is 1. The number of hydrogen-bond acceptors (Lipinski definition) is 4. The lowest BCUT2D eigenvalue weighted by Gasteiger charge is -2.20. The van der Waals surface area contributed by atoms with Gasteiger partial charge in [-0.3, -0.25) is 9.59 Å². The summed E-state index contributed by atoms with van der Waals surface area (Å²) in [6.45, 7) is 2.14. The van der Waals surface area contributed by atoms with Crippen LogP contribution in [-0.4, -0.2) is 35.5 Å². The van der Waals surface area contributed by atoms with Crippen molar-refractivity contribution in [3.05, 3.63) is 29.3 Å². The van der Waals surface area contributed by atoms with Gasteiger partial charge in [0, 0.05) is 12.3 Å². The number of carbonyl (C=O) groups excluding carboxylic acids is 2. The van der Waals surface area contributed by atoms with Crippen molar-refractivity contribution in [2.75, 3.05) is 6.61 Å². The molecule has 26 heavy (non-hydrogen) atoms. The molecule has 2 aliphatic rings. The zero-order chi connectivity index (χ0) is 18.7. The molecule has 0 bridgehead atoms. The summed E-state index contributed by atoms with van der Waals surface area (Å²) in [5.74, 6) is -1.09. The second-order valence-corrected chi connectivity index (χ2v) is 6.96. The molecular weight excluding hydrogens is 336 g/mol. The normalized spacial score (nSPS) is 18.5. The molecule has 2 amide bonds. The fourth-order valence-corrected chi connectivity index (χ4v) is 3.53. The Labute approximate surface area is 152 Å². The SMILES string of the molecule is CC(NC(=O)C1CCCC1)C(=O)NC(C(=O)O)c1ccc2c(c1)CCO2. The number of aliphatic carboxylic acids is 1. The highest BCUT2D eigenvalue weighted by molar-refractivity contribution is 5.91. The molecule has 1 saturated carbocycles. The smallest absolute Gasteiger partial charge is 0.330 e. The standard InChI is InChI=1S/C19H24N2O5/c1-11(20-18(23)12-4-2-3-5-12)17(22)21-16(19(24)25)14-6-7-15-13(10-14)8-9-26-15/h6-7,10-12,16H,2-5,8-9H2,1H3,(H,20,23)(H,21,22)(H,24,25). The van der Waals surface area contributed by atoms with Gasteiger partial charge in [-0.05, 0) is 43.0 Å². The lowest BCUT2D eigenvalue weighted by Crippen LogP contribution is -2.48. The van der Waals surface area contributed by atoms with E-state index in [4.69, 9.17) is 4.74 Å². The maximum Gasteiger partial charge on any atom is 0.330 e. The number of ether oxygens (including phenoxy) is 1. The van der Waals surface area contributed by atoms with Crippen molar-refractivity contribution < 1.29 is 24.2 Å². The first-order valence-electron chi connectivity index (χ1n) is 9.05. The van der Waals surface area contributed by atoms with Crippen molar-refractivity contribution in [1.82, 2.24) is 10.6 Å². The molecule has 3 rings (SSSR count). The zero-order valence-electron chi connectivity index (χ0n) is 14.8. The molecule has 1 aromatic rings. The Balaban J connectivity index is 1.64. The van der Waals surface area contributed by atoms with Crippen molar-refractivity contribution >= 4 is 17.8 Å². The van der Waals surface area contributed by atoms with Crippen LogP contribution in [0.5, 0.6) is 5.75 Å². The molecule has 3 N–H and O–H groups in total. The van der Waals surface area contributed by atoms with Crippen molar-refractivity contribution in [2.45, 2.75) is 51.1 Å². The summed E-state index contributed by atoms with van der Waals surface area (Å²) in [6.07, 6.45) is 4.46. The van der Waals surface area contributed by atoms with Crippen LogP contribution < -0.4 is 15.4 Å². The lowest BCUT2D eigenvalue weighted by atomic mass is 10.0. The maximum absolute atomic E-state index is 12.4. The summed E-state index contributed by atoms with van der Waals surface area (Å²) in [4.78, 5) is 36.2. The number of fused-ring (bicyclic) bond motifs is 1. The van der Waals surface area contributed by atoms with Crippen molar-refractivity contribution in [2.24, 2.45) is 5.92 Å². The van der Waals surface area contributed by atoms with Gasteiger partial charge in [-0.25, -0.2) is 4.79 Å². The van der Waals surface area contributed by atoms with Gasteiger partial charge < -0.3 is 20.5 Å². The Kier molecular flexibility index (Phi) is 5.44. The number of carboxylic acids is 1. The minimum absolute atomic E-state index is 0.0442. The Hall–Kier alpha value is -2.57. The van der Waals surface area contributed by atoms with Gasteiger partial charge in [-0.1, -0.05) is 18.9 Å². The van der Waals surface area contributed by atoms with Crippen LogP contribution in [0.4, 0.5) is 0 Å². The van der Waals surface area contributed by atoms with Crippen molar-refractivity contribution in [3.8, 4) is 5.75 Å². The van der Waals surface area contributed by atoms with Crippen LogP contribution in [0.2, 0.25) is 0 Å². The Bertz CT molecular complexity index is 712. The van der Waals surface area contributed by atoms with Gasteiger partial charge in [0.1, 0.15) is 11.8 Å². The van der Waals surface area contributed by atoms with Crippen LogP contribution in [0, 0.1) is 5.92 Å². The molecule has 1 aliphatic heterocycles. The van der Waals surface area contributed by atoms with E-state index in [9.17, 15) is 19.5 Å². The monoisotopic (exact) mass is 360 g/mol. The summed E-state index contributed by atoms with van der Waals surface area (Å²) < 4.78 is 5.42. The lowest BCUT2D eigenvalue weighted by molar-refractivity contribution is -0.142. The van der Waals surface area contributed by atoms with Crippen molar-refractivity contribution in [1.29, 1.82) is 0 Å². The number of rotatable bonds is 6. The van der Waals surface area contributed by atoms with Crippen LogP contribution >= 0.6 is 0 Å². The Morgan fingerprint density at radius 3 is 2.62 bits per heavy atom. The van der Waals surface area contributed by atoms with E-state index >= 15 is 0 Å². The molecule has 1 heterocycles. The summed E-state index contributed by atoms with van der Waals surface area (Å²) in [6, 6.07) is 3.17. The topological polar surface area (TPSA) is 105 Å². The molecule has 1 fully saturated rings. The number of carbonyl (C=O) groups is 3. The molecule has 7 heteroatoms. The third-order valence-corrected chi connectivity index (χ3v) is 5.06. The van der Waals surface area contributed by atoms with Gasteiger partial charge in [0.2, 0.25) is 11.8 Å². The summed E-state index contributed by atoms with van der Waals surface area (Å²) in [5, 5.41) is 14.7. The minimum Gasteiger partial charge on any atom is -0.493 e. The van der Waals surface area contributed by atoms with E-state index in [2.05, 4.69) is 10.6 Å². The molecule has 0 aromatic heterocycles. The Morgan fingerprint density at radius 2 is 1.92 bits per heavy atom. The third kappa shape index (κ3) is 3.98. The molecule has 0 radical (unpaired) electrons. The maximum atomic E-state index is 12.4. The van der Waals surface area contributed by atoms with Crippen LogP contribution in [0.15, 0.2) is 18.2 Å².